The SMILES string of the molecule is CC(C)C(C(=O)NC1CCN(C)C1)C(N)=S. The number of carbonyl (C=O) groups excluding carboxylic acids is 1. The van der Waals surface area contributed by atoms with Crippen LogP contribution in [-0.4, -0.2) is 42.0 Å². The number of likely N-dealkylation sites (N-methyl/N-ethyl adjacent to an activating group) is 1. The van der Waals surface area contributed by atoms with Gasteiger partial charge in [-0.25, -0.2) is 0 Å². The topological polar surface area (TPSA) is 58.4 Å². The van der Waals surface area contributed by atoms with Crippen LogP contribution in [0.25, 0.3) is 0 Å². The first-order valence-corrected chi connectivity index (χ1v) is 6.11. The van der Waals surface area contributed by atoms with Crippen LogP contribution in [-0.2, 0) is 4.79 Å². The van der Waals surface area contributed by atoms with E-state index < -0.39 is 0 Å². The first kappa shape index (κ1) is 13.4. The second-order valence-corrected chi connectivity index (χ2v) is 5.35. The van der Waals surface area contributed by atoms with Crippen LogP contribution in [0.5, 0.6) is 0 Å². The van der Waals surface area contributed by atoms with Gasteiger partial charge in [0.05, 0.1) is 10.9 Å². The summed E-state index contributed by atoms with van der Waals surface area (Å²) in [7, 11) is 2.06. The predicted octanol–water partition coefficient (Wildman–Crippen LogP) is 0.365. The number of thiocarbonyl (C=S) groups is 1. The Morgan fingerprint density at radius 3 is 2.56 bits per heavy atom. The van der Waals surface area contributed by atoms with E-state index in [0.29, 0.717) is 4.99 Å². The second kappa shape index (κ2) is 5.59. The van der Waals surface area contributed by atoms with Gasteiger partial charge in [-0.3, -0.25) is 4.79 Å². The van der Waals surface area contributed by atoms with Crippen molar-refractivity contribution in [3.8, 4) is 0 Å². The molecule has 0 bridgehead atoms. The number of rotatable bonds is 4. The third-order valence-electron chi connectivity index (χ3n) is 2.99. The molecule has 92 valence electrons. The Labute approximate surface area is 103 Å². The van der Waals surface area contributed by atoms with Crippen LogP contribution in [0.1, 0.15) is 20.3 Å². The Bertz CT molecular complexity index is 280. The van der Waals surface area contributed by atoms with E-state index in [4.69, 9.17) is 18.0 Å². The Balaban J connectivity index is 2.53. The zero-order valence-electron chi connectivity index (χ0n) is 10.2. The summed E-state index contributed by atoms with van der Waals surface area (Å²) < 4.78 is 0. The van der Waals surface area contributed by atoms with Crippen molar-refractivity contribution in [1.29, 1.82) is 0 Å². The average Bonchev–Trinajstić information content (AvgIpc) is 2.49. The maximum atomic E-state index is 12.0. The summed E-state index contributed by atoms with van der Waals surface area (Å²) in [5.74, 6) is -0.222. The highest BCUT2D eigenvalue weighted by atomic mass is 32.1. The molecule has 0 aliphatic carbocycles. The monoisotopic (exact) mass is 243 g/mol. The normalized spacial score (nSPS) is 23.4. The van der Waals surface area contributed by atoms with Crippen LogP contribution < -0.4 is 11.1 Å². The number of hydrogen-bond donors (Lipinski definition) is 2. The van der Waals surface area contributed by atoms with Crippen molar-refractivity contribution in [3.63, 3.8) is 0 Å². The van der Waals surface area contributed by atoms with Crippen LogP contribution >= 0.6 is 12.2 Å². The molecule has 0 aromatic rings. The summed E-state index contributed by atoms with van der Waals surface area (Å²) in [5.41, 5.74) is 5.60. The van der Waals surface area contributed by atoms with Gasteiger partial charge in [-0.2, -0.15) is 0 Å². The van der Waals surface area contributed by atoms with Crippen molar-refractivity contribution in [3.05, 3.63) is 0 Å². The van der Waals surface area contributed by atoms with Gasteiger partial charge in [0.15, 0.2) is 0 Å². The Kier molecular flexibility index (Phi) is 4.68. The molecule has 2 atom stereocenters. The largest absolute Gasteiger partial charge is 0.393 e. The van der Waals surface area contributed by atoms with Gasteiger partial charge >= 0.3 is 0 Å². The maximum absolute atomic E-state index is 12.0. The molecule has 16 heavy (non-hydrogen) atoms. The molecule has 2 unspecified atom stereocenters. The van der Waals surface area contributed by atoms with E-state index in [9.17, 15) is 4.79 Å². The smallest absolute Gasteiger partial charge is 0.230 e. The highest BCUT2D eigenvalue weighted by Crippen LogP contribution is 2.13. The molecule has 1 saturated heterocycles. The number of hydrogen-bond acceptors (Lipinski definition) is 3. The van der Waals surface area contributed by atoms with Crippen LogP contribution in [0.3, 0.4) is 0 Å². The summed E-state index contributed by atoms with van der Waals surface area (Å²) in [5, 5.41) is 3.02. The van der Waals surface area contributed by atoms with Crippen molar-refractivity contribution in [2.24, 2.45) is 17.6 Å². The van der Waals surface area contributed by atoms with Crippen LogP contribution in [0.2, 0.25) is 0 Å². The lowest BCUT2D eigenvalue weighted by Gasteiger charge is -2.21. The zero-order valence-corrected chi connectivity index (χ0v) is 11.0. The summed E-state index contributed by atoms with van der Waals surface area (Å²) in [4.78, 5) is 14.5. The lowest BCUT2D eigenvalue weighted by Crippen LogP contribution is -2.45. The van der Waals surface area contributed by atoms with E-state index >= 15 is 0 Å². The molecule has 0 aromatic heterocycles. The quantitative estimate of drug-likeness (QED) is 0.700. The molecule has 4 nitrogen and oxygen atoms in total. The summed E-state index contributed by atoms with van der Waals surface area (Å²) in [6.07, 6.45) is 1.00. The minimum Gasteiger partial charge on any atom is -0.393 e. The van der Waals surface area contributed by atoms with Crippen molar-refractivity contribution in [2.45, 2.75) is 26.3 Å². The first-order chi connectivity index (χ1) is 7.41. The van der Waals surface area contributed by atoms with E-state index in [0.717, 1.165) is 19.5 Å². The molecule has 5 heteroatoms. The Hall–Kier alpha value is -0.680. The third kappa shape index (κ3) is 3.42. The van der Waals surface area contributed by atoms with Gasteiger partial charge in [0.2, 0.25) is 5.91 Å². The number of nitrogens with zero attached hydrogens (tertiary/aromatic N) is 1. The lowest BCUT2D eigenvalue weighted by atomic mass is 9.94. The van der Waals surface area contributed by atoms with Gasteiger partial charge in [0.1, 0.15) is 0 Å². The second-order valence-electron chi connectivity index (χ2n) is 4.88. The standard InChI is InChI=1S/C11H21N3OS/c1-7(2)9(10(12)16)11(15)13-8-4-5-14(3)6-8/h7-9H,4-6H2,1-3H3,(H2,12,16)(H,13,15). The number of carbonyl (C=O) groups is 1. The molecule has 1 heterocycles. The summed E-state index contributed by atoms with van der Waals surface area (Å²) in [6.45, 7) is 5.87. The van der Waals surface area contributed by atoms with Crippen molar-refractivity contribution in [1.82, 2.24) is 10.2 Å². The molecule has 1 fully saturated rings. The fourth-order valence-corrected chi connectivity index (χ4v) is 2.48. The van der Waals surface area contributed by atoms with Crippen molar-refractivity contribution >= 4 is 23.1 Å². The van der Waals surface area contributed by atoms with Gasteiger partial charge < -0.3 is 16.0 Å². The van der Waals surface area contributed by atoms with Crippen LogP contribution in [0.4, 0.5) is 0 Å². The minimum atomic E-state index is -0.346. The van der Waals surface area contributed by atoms with E-state index in [1.807, 2.05) is 13.8 Å². The highest BCUT2D eigenvalue weighted by Gasteiger charge is 2.28. The third-order valence-corrected chi connectivity index (χ3v) is 3.25. The van der Waals surface area contributed by atoms with E-state index in [1.54, 1.807) is 0 Å². The fourth-order valence-electron chi connectivity index (χ4n) is 2.10. The van der Waals surface area contributed by atoms with E-state index in [2.05, 4.69) is 17.3 Å². The van der Waals surface area contributed by atoms with Crippen molar-refractivity contribution < 1.29 is 4.79 Å². The van der Waals surface area contributed by atoms with Gasteiger partial charge in [0.25, 0.3) is 0 Å². The average molecular weight is 243 g/mol. The van der Waals surface area contributed by atoms with Gasteiger partial charge in [-0.05, 0) is 25.9 Å². The Morgan fingerprint density at radius 1 is 1.56 bits per heavy atom. The van der Waals surface area contributed by atoms with Gasteiger partial charge in [0, 0.05) is 12.6 Å². The number of nitrogens with two attached hydrogens (primary N) is 1. The van der Waals surface area contributed by atoms with Gasteiger partial charge in [-0.1, -0.05) is 26.1 Å². The van der Waals surface area contributed by atoms with Crippen molar-refractivity contribution in [2.75, 3.05) is 20.1 Å². The molecule has 1 rings (SSSR count). The van der Waals surface area contributed by atoms with E-state index in [-0.39, 0.29) is 23.8 Å². The van der Waals surface area contributed by atoms with Crippen LogP contribution in [0.15, 0.2) is 0 Å². The number of likely N-dealkylation sites (tertiary alicyclic amines) is 1. The van der Waals surface area contributed by atoms with Gasteiger partial charge in [-0.15, -0.1) is 0 Å². The maximum Gasteiger partial charge on any atom is 0.230 e. The summed E-state index contributed by atoms with van der Waals surface area (Å²) >= 11 is 4.94. The molecule has 1 amide bonds. The number of amides is 1. The Morgan fingerprint density at radius 2 is 2.19 bits per heavy atom. The predicted molar refractivity (Wildman–Crippen MR) is 69.2 cm³/mol. The highest BCUT2D eigenvalue weighted by molar-refractivity contribution is 7.80. The van der Waals surface area contributed by atoms with Crippen LogP contribution in [0, 0.1) is 11.8 Å². The molecule has 3 N–H and O–H groups in total. The zero-order chi connectivity index (χ0) is 12.3. The lowest BCUT2D eigenvalue weighted by molar-refractivity contribution is -0.124. The molecule has 0 aromatic carbocycles. The fraction of sp³-hybridized carbons (Fsp3) is 0.818. The molecule has 1 aliphatic heterocycles. The number of nitrogens with one attached hydrogen (secondary N) is 1. The molecule has 0 radical (unpaired) electrons. The molecular formula is C11H21N3OS. The van der Waals surface area contributed by atoms with E-state index in [1.165, 1.54) is 0 Å². The first-order valence-electron chi connectivity index (χ1n) is 5.70. The molecule has 0 spiro atoms. The molecule has 1 aliphatic rings. The summed E-state index contributed by atoms with van der Waals surface area (Å²) in [6, 6.07) is 0.244. The minimum absolute atomic E-state index is 0.0252. The molecular weight excluding hydrogens is 222 g/mol. The molecule has 0 saturated carbocycles.